The Morgan fingerprint density at radius 2 is 2.06 bits per heavy atom. The van der Waals surface area contributed by atoms with Crippen molar-refractivity contribution < 1.29 is 8.95 Å². The van der Waals surface area contributed by atoms with Crippen molar-refractivity contribution in [3.8, 4) is 0 Å². The smallest absolute Gasteiger partial charge is 0.0624 e. The fourth-order valence-electron chi connectivity index (χ4n) is 1.57. The number of methoxy groups -OCH3 is 1. The van der Waals surface area contributed by atoms with Gasteiger partial charge in [-0.3, -0.25) is 4.21 Å². The first kappa shape index (κ1) is 14.4. The molecule has 1 rings (SSSR count). The molecule has 0 saturated carbocycles. The zero-order valence-corrected chi connectivity index (χ0v) is 11.3. The third-order valence-electron chi connectivity index (χ3n) is 2.41. The van der Waals surface area contributed by atoms with Crippen LogP contribution in [-0.4, -0.2) is 36.3 Å². The molecule has 4 heteroatoms. The van der Waals surface area contributed by atoms with Gasteiger partial charge in [0.25, 0.3) is 0 Å². The zero-order chi connectivity index (χ0) is 12.5. The van der Waals surface area contributed by atoms with Gasteiger partial charge >= 0.3 is 0 Å². The van der Waals surface area contributed by atoms with Crippen molar-refractivity contribution in [2.45, 2.75) is 24.3 Å². The van der Waals surface area contributed by atoms with E-state index < -0.39 is 10.8 Å². The normalized spacial score (nSPS) is 14.5. The van der Waals surface area contributed by atoms with E-state index in [1.54, 1.807) is 7.11 Å². The van der Waals surface area contributed by atoms with E-state index in [1.807, 2.05) is 30.3 Å². The summed E-state index contributed by atoms with van der Waals surface area (Å²) in [5.41, 5.74) is 0. The molecule has 0 saturated heterocycles. The van der Waals surface area contributed by atoms with Crippen molar-refractivity contribution in [2.75, 3.05) is 26.0 Å². The van der Waals surface area contributed by atoms with Gasteiger partial charge in [-0.2, -0.15) is 0 Å². The summed E-state index contributed by atoms with van der Waals surface area (Å²) < 4.78 is 17.2. The summed E-state index contributed by atoms with van der Waals surface area (Å²) in [6.07, 6.45) is 1.07. The predicted molar refractivity (Wildman–Crippen MR) is 71.7 cm³/mol. The van der Waals surface area contributed by atoms with Crippen LogP contribution in [0.5, 0.6) is 0 Å². The second-order valence-corrected chi connectivity index (χ2v) is 5.43. The molecule has 0 aliphatic rings. The van der Waals surface area contributed by atoms with Gasteiger partial charge in [0.15, 0.2) is 0 Å². The summed E-state index contributed by atoms with van der Waals surface area (Å²) in [5.74, 6) is 0.595. The highest BCUT2D eigenvalue weighted by atomic mass is 32.2. The lowest BCUT2D eigenvalue weighted by Crippen LogP contribution is -2.38. The lowest BCUT2D eigenvalue weighted by atomic mass is 10.3. The van der Waals surface area contributed by atoms with Crippen molar-refractivity contribution in [3.05, 3.63) is 30.3 Å². The molecule has 0 bridgehead atoms. The lowest BCUT2D eigenvalue weighted by Gasteiger charge is -2.17. The molecule has 0 fully saturated rings. The molecule has 2 unspecified atom stereocenters. The van der Waals surface area contributed by atoms with E-state index >= 15 is 0 Å². The lowest BCUT2D eigenvalue weighted by molar-refractivity contribution is 0.173. The summed E-state index contributed by atoms with van der Waals surface area (Å²) in [7, 11) is 0.712. The second kappa shape index (κ2) is 8.39. The van der Waals surface area contributed by atoms with Gasteiger partial charge in [-0.15, -0.1) is 0 Å². The molecule has 0 aliphatic carbocycles. The molecule has 17 heavy (non-hydrogen) atoms. The maximum Gasteiger partial charge on any atom is 0.0624 e. The largest absolute Gasteiger partial charge is 0.383 e. The van der Waals surface area contributed by atoms with Crippen LogP contribution < -0.4 is 5.32 Å². The van der Waals surface area contributed by atoms with Gasteiger partial charge in [0, 0.05) is 23.8 Å². The summed E-state index contributed by atoms with van der Waals surface area (Å²) >= 11 is 0. The van der Waals surface area contributed by atoms with Crippen molar-refractivity contribution in [1.82, 2.24) is 5.32 Å². The summed E-state index contributed by atoms with van der Waals surface area (Å²) in [5, 5.41) is 3.35. The Hall–Kier alpha value is -0.710. The van der Waals surface area contributed by atoms with Crippen LogP contribution in [0.2, 0.25) is 0 Å². The third kappa shape index (κ3) is 5.44. The van der Waals surface area contributed by atoms with E-state index in [1.165, 1.54) is 0 Å². The molecule has 1 N–H and O–H groups in total. The Morgan fingerprint density at radius 1 is 1.35 bits per heavy atom. The highest BCUT2D eigenvalue weighted by Crippen LogP contribution is 2.07. The minimum Gasteiger partial charge on any atom is -0.383 e. The molecule has 0 amide bonds. The van der Waals surface area contributed by atoms with Crippen LogP contribution in [-0.2, 0) is 15.5 Å². The number of rotatable bonds is 8. The first-order valence-electron chi connectivity index (χ1n) is 5.93. The molecule has 3 nitrogen and oxygen atoms in total. The number of ether oxygens (including phenoxy) is 1. The standard InChI is InChI=1S/C13H21NO2S/c1-3-9-14-12(10-16-2)11-17(15)13-7-5-4-6-8-13/h4-8,12,14H,3,9-11H2,1-2H3. The highest BCUT2D eigenvalue weighted by Gasteiger charge is 2.12. The summed E-state index contributed by atoms with van der Waals surface area (Å²) in [4.78, 5) is 0.881. The van der Waals surface area contributed by atoms with Gasteiger partial charge in [-0.25, -0.2) is 0 Å². The number of hydrogen-bond donors (Lipinski definition) is 1. The van der Waals surface area contributed by atoms with E-state index in [9.17, 15) is 4.21 Å². The van der Waals surface area contributed by atoms with Crippen LogP contribution in [0, 0.1) is 0 Å². The summed E-state index contributed by atoms with van der Waals surface area (Å²) in [6.45, 7) is 3.64. The van der Waals surface area contributed by atoms with Crippen molar-refractivity contribution in [1.29, 1.82) is 0 Å². The monoisotopic (exact) mass is 255 g/mol. The maximum atomic E-state index is 12.1. The van der Waals surface area contributed by atoms with E-state index in [4.69, 9.17) is 4.74 Å². The van der Waals surface area contributed by atoms with Crippen molar-refractivity contribution in [3.63, 3.8) is 0 Å². The molecule has 0 spiro atoms. The molecule has 0 radical (unpaired) electrons. The Morgan fingerprint density at radius 3 is 2.65 bits per heavy atom. The van der Waals surface area contributed by atoms with Gasteiger partial charge < -0.3 is 10.1 Å². The first-order valence-corrected chi connectivity index (χ1v) is 7.25. The predicted octanol–water partition coefficient (Wildman–Crippen LogP) is 1.81. The van der Waals surface area contributed by atoms with Gasteiger partial charge in [-0.1, -0.05) is 25.1 Å². The van der Waals surface area contributed by atoms with Gasteiger partial charge in [0.2, 0.25) is 0 Å². The molecule has 1 aromatic rings. The quantitative estimate of drug-likeness (QED) is 0.770. The Bertz CT molecular complexity index is 329. The minimum absolute atomic E-state index is 0.154. The van der Waals surface area contributed by atoms with Crippen LogP contribution in [0.4, 0.5) is 0 Å². The van der Waals surface area contributed by atoms with Crippen molar-refractivity contribution in [2.24, 2.45) is 0 Å². The molecular weight excluding hydrogens is 234 g/mol. The molecule has 0 aliphatic heterocycles. The Balaban J connectivity index is 2.51. The third-order valence-corrected chi connectivity index (χ3v) is 3.91. The van der Waals surface area contributed by atoms with Gasteiger partial charge in [0.1, 0.15) is 0 Å². The van der Waals surface area contributed by atoms with Gasteiger partial charge in [-0.05, 0) is 25.1 Å². The fourth-order valence-corrected chi connectivity index (χ4v) is 2.80. The Kier molecular flexibility index (Phi) is 7.08. The molecule has 96 valence electrons. The summed E-state index contributed by atoms with van der Waals surface area (Å²) in [6, 6.07) is 9.72. The van der Waals surface area contributed by atoms with E-state index in [0.29, 0.717) is 12.4 Å². The first-order chi connectivity index (χ1) is 8.27. The topological polar surface area (TPSA) is 38.3 Å². The molecule has 2 atom stereocenters. The van der Waals surface area contributed by atoms with E-state index in [0.717, 1.165) is 17.9 Å². The second-order valence-electron chi connectivity index (χ2n) is 3.93. The zero-order valence-electron chi connectivity index (χ0n) is 10.5. The molecular formula is C13H21NO2S. The van der Waals surface area contributed by atoms with Crippen molar-refractivity contribution >= 4 is 10.8 Å². The van der Waals surface area contributed by atoms with Crippen LogP contribution >= 0.6 is 0 Å². The minimum atomic E-state index is -0.961. The van der Waals surface area contributed by atoms with Crippen LogP contribution in [0.15, 0.2) is 35.2 Å². The molecule has 0 heterocycles. The van der Waals surface area contributed by atoms with E-state index in [-0.39, 0.29) is 6.04 Å². The molecule has 1 aromatic carbocycles. The fraction of sp³-hybridized carbons (Fsp3) is 0.538. The SMILES string of the molecule is CCCNC(COC)CS(=O)c1ccccc1. The average Bonchev–Trinajstić information content (AvgIpc) is 2.37. The maximum absolute atomic E-state index is 12.1. The van der Waals surface area contributed by atoms with Gasteiger partial charge in [0.05, 0.1) is 17.4 Å². The average molecular weight is 255 g/mol. The number of benzene rings is 1. The number of nitrogens with one attached hydrogen (secondary N) is 1. The van der Waals surface area contributed by atoms with Crippen LogP contribution in [0.1, 0.15) is 13.3 Å². The number of hydrogen-bond acceptors (Lipinski definition) is 3. The molecule has 0 aromatic heterocycles. The van der Waals surface area contributed by atoms with Crippen LogP contribution in [0.3, 0.4) is 0 Å². The van der Waals surface area contributed by atoms with E-state index in [2.05, 4.69) is 12.2 Å². The Labute approximate surface area is 106 Å². The highest BCUT2D eigenvalue weighted by molar-refractivity contribution is 7.85. The van der Waals surface area contributed by atoms with Crippen LogP contribution in [0.25, 0.3) is 0 Å².